The Labute approximate surface area is 116 Å². The number of carbonyl (C=O) groups is 1. The summed E-state index contributed by atoms with van der Waals surface area (Å²) < 4.78 is 0. The van der Waals surface area contributed by atoms with Crippen molar-refractivity contribution in [2.45, 2.75) is 45.6 Å². The Hall–Kier alpha value is -1.51. The standard InChI is InChI=1S/C16H24N2O/c1-3-15-7-5-6-12-18(15)16(19)13-8-10-14(11-9-13)17-4-2/h8-11,15,17H,3-7,12H2,1-2H3. The summed E-state index contributed by atoms with van der Waals surface area (Å²) in [4.78, 5) is 14.6. The first-order valence-corrected chi connectivity index (χ1v) is 7.41. The number of amides is 1. The minimum Gasteiger partial charge on any atom is -0.385 e. The number of rotatable bonds is 4. The second kappa shape index (κ2) is 6.60. The minimum atomic E-state index is 0.189. The molecule has 1 amide bonds. The molecule has 3 heteroatoms. The van der Waals surface area contributed by atoms with Crippen LogP contribution in [0.4, 0.5) is 5.69 Å². The Kier molecular flexibility index (Phi) is 4.83. The molecule has 1 aromatic rings. The third-order valence-electron chi connectivity index (χ3n) is 3.87. The zero-order valence-corrected chi connectivity index (χ0v) is 12.0. The van der Waals surface area contributed by atoms with E-state index in [1.807, 2.05) is 24.3 Å². The van der Waals surface area contributed by atoms with Crippen LogP contribution in [-0.4, -0.2) is 29.9 Å². The Morgan fingerprint density at radius 1 is 1.26 bits per heavy atom. The fourth-order valence-electron chi connectivity index (χ4n) is 2.79. The van der Waals surface area contributed by atoms with E-state index in [1.54, 1.807) is 0 Å². The van der Waals surface area contributed by atoms with Crippen LogP contribution in [0.1, 0.15) is 49.9 Å². The van der Waals surface area contributed by atoms with Gasteiger partial charge in [0.05, 0.1) is 0 Å². The molecule has 1 N–H and O–H groups in total. The molecule has 1 saturated heterocycles. The van der Waals surface area contributed by atoms with Crippen LogP contribution in [0.3, 0.4) is 0 Å². The van der Waals surface area contributed by atoms with Crippen LogP contribution < -0.4 is 5.32 Å². The number of nitrogens with zero attached hydrogens (tertiary/aromatic N) is 1. The summed E-state index contributed by atoms with van der Waals surface area (Å²) in [5.41, 5.74) is 1.88. The molecule has 1 fully saturated rings. The van der Waals surface area contributed by atoms with E-state index in [4.69, 9.17) is 0 Å². The molecule has 3 nitrogen and oxygen atoms in total. The molecule has 1 aromatic carbocycles. The van der Waals surface area contributed by atoms with Crippen molar-refractivity contribution in [3.05, 3.63) is 29.8 Å². The van der Waals surface area contributed by atoms with Crippen molar-refractivity contribution in [1.29, 1.82) is 0 Å². The summed E-state index contributed by atoms with van der Waals surface area (Å²) in [5.74, 6) is 0.189. The van der Waals surface area contributed by atoms with E-state index < -0.39 is 0 Å². The van der Waals surface area contributed by atoms with E-state index in [-0.39, 0.29) is 5.91 Å². The van der Waals surface area contributed by atoms with Crippen LogP contribution in [-0.2, 0) is 0 Å². The summed E-state index contributed by atoms with van der Waals surface area (Å²) in [6.45, 7) is 6.05. The third kappa shape index (κ3) is 3.28. The zero-order valence-electron chi connectivity index (χ0n) is 12.0. The molecular weight excluding hydrogens is 236 g/mol. The molecule has 0 saturated carbocycles. The molecule has 0 bridgehead atoms. The molecule has 1 unspecified atom stereocenters. The van der Waals surface area contributed by atoms with E-state index in [1.165, 1.54) is 6.42 Å². The Morgan fingerprint density at radius 3 is 2.63 bits per heavy atom. The van der Waals surface area contributed by atoms with Crippen molar-refractivity contribution in [3.8, 4) is 0 Å². The van der Waals surface area contributed by atoms with Crippen molar-refractivity contribution in [2.24, 2.45) is 0 Å². The van der Waals surface area contributed by atoms with Gasteiger partial charge in [0.25, 0.3) is 5.91 Å². The van der Waals surface area contributed by atoms with Gasteiger partial charge in [-0.15, -0.1) is 0 Å². The lowest BCUT2D eigenvalue weighted by atomic mass is 9.99. The normalized spacial score (nSPS) is 19.3. The summed E-state index contributed by atoms with van der Waals surface area (Å²) >= 11 is 0. The van der Waals surface area contributed by atoms with Gasteiger partial charge in [-0.25, -0.2) is 0 Å². The first-order valence-electron chi connectivity index (χ1n) is 7.41. The summed E-state index contributed by atoms with van der Waals surface area (Å²) in [7, 11) is 0. The lowest BCUT2D eigenvalue weighted by molar-refractivity contribution is 0.0608. The highest BCUT2D eigenvalue weighted by Crippen LogP contribution is 2.22. The smallest absolute Gasteiger partial charge is 0.254 e. The monoisotopic (exact) mass is 260 g/mol. The number of hydrogen-bond donors (Lipinski definition) is 1. The molecule has 0 aliphatic carbocycles. The zero-order chi connectivity index (χ0) is 13.7. The van der Waals surface area contributed by atoms with Crippen molar-refractivity contribution in [2.75, 3.05) is 18.4 Å². The number of hydrogen-bond acceptors (Lipinski definition) is 2. The van der Waals surface area contributed by atoms with Gasteiger partial charge in [0.2, 0.25) is 0 Å². The molecular formula is C16H24N2O. The molecule has 0 aromatic heterocycles. The Balaban J connectivity index is 2.09. The Morgan fingerprint density at radius 2 is 2.00 bits per heavy atom. The number of likely N-dealkylation sites (tertiary alicyclic amines) is 1. The molecule has 1 heterocycles. The summed E-state index contributed by atoms with van der Waals surface area (Å²) in [6, 6.07) is 8.27. The average molecular weight is 260 g/mol. The number of carbonyl (C=O) groups excluding carboxylic acids is 1. The second-order valence-electron chi connectivity index (χ2n) is 5.16. The lowest BCUT2D eigenvalue weighted by Crippen LogP contribution is -2.43. The van der Waals surface area contributed by atoms with E-state index in [0.717, 1.165) is 43.6 Å². The molecule has 1 aliphatic heterocycles. The third-order valence-corrected chi connectivity index (χ3v) is 3.87. The maximum atomic E-state index is 12.5. The van der Waals surface area contributed by atoms with Crippen LogP contribution in [0.15, 0.2) is 24.3 Å². The van der Waals surface area contributed by atoms with Crippen molar-refractivity contribution >= 4 is 11.6 Å². The van der Waals surface area contributed by atoms with E-state index >= 15 is 0 Å². The maximum Gasteiger partial charge on any atom is 0.254 e. The second-order valence-corrected chi connectivity index (χ2v) is 5.16. The maximum absolute atomic E-state index is 12.5. The van der Waals surface area contributed by atoms with E-state index in [2.05, 4.69) is 24.1 Å². The molecule has 2 rings (SSSR count). The summed E-state index contributed by atoms with van der Waals surface area (Å²) in [5, 5.41) is 3.25. The van der Waals surface area contributed by atoms with Crippen LogP contribution in [0, 0.1) is 0 Å². The van der Waals surface area contributed by atoms with Crippen LogP contribution >= 0.6 is 0 Å². The van der Waals surface area contributed by atoms with Crippen LogP contribution in [0.25, 0.3) is 0 Å². The highest BCUT2D eigenvalue weighted by atomic mass is 16.2. The fourth-order valence-corrected chi connectivity index (χ4v) is 2.79. The van der Waals surface area contributed by atoms with Gasteiger partial charge >= 0.3 is 0 Å². The van der Waals surface area contributed by atoms with Crippen LogP contribution in [0.5, 0.6) is 0 Å². The van der Waals surface area contributed by atoms with E-state index in [9.17, 15) is 4.79 Å². The Bertz CT molecular complexity index is 413. The molecule has 1 aliphatic rings. The number of piperidine rings is 1. The predicted octanol–water partition coefficient (Wildman–Crippen LogP) is 3.52. The van der Waals surface area contributed by atoms with Gasteiger partial charge in [0.15, 0.2) is 0 Å². The highest BCUT2D eigenvalue weighted by molar-refractivity contribution is 5.94. The first-order chi connectivity index (χ1) is 9.26. The fraction of sp³-hybridized carbons (Fsp3) is 0.562. The molecule has 19 heavy (non-hydrogen) atoms. The van der Waals surface area contributed by atoms with Crippen molar-refractivity contribution < 1.29 is 4.79 Å². The van der Waals surface area contributed by atoms with Crippen molar-refractivity contribution in [1.82, 2.24) is 4.90 Å². The summed E-state index contributed by atoms with van der Waals surface area (Å²) in [6.07, 6.45) is 4.60. The lowest BCUT2D eigenvalue weighted by Gasteiger charge is -2.35. The molecule has 0 spiro atoms. The first kappa shape index (κ1) is 13.9. The van der Waals surface area contributed by atoms with Gasteiger partial charge in [-0.05, 0) is 56.9 Å². The highest BCUT2D eigenvalue weighted by Gasteiger charge is 2.25. The molecule has 0 radical (unpaired) electrons. The van der Waals surface area contributed by atoms with Gasteiger partial charge in [0, 0.05) is 30.4 Å². The quantitative estimate of drug-likeness (QED) is 0.898. The van der Waals surface area contributed by atoms with Crippen molar-refractivity contribution in [3.63, 3.8) is 0 Å². The topological polar surface area (TPSA) is 32.3 Å². The number of anilines is 1. The van der Waals surface area contributed by atoms with Crippen LogP contribution in [0.2, 0.25) is 0 Å². The van der Waals surface area contributed by atoms with E-state index in [0.29, 0.717) is 6.04 Å². The number of nitrogens with one attached hydrogen (secondary N) is 1. The number of benzene rings is 1. The SMILES string of the molecule is CCNc1ccc(C(=O)N2CCCCC2CC)cc1. The van der Waals surface area contributed by atoms with Gasteiger partial charge in [-0.1, -0.05) is 6.92 Å². The predicted molar refractivity (Wildman–Crippen MR) is 79.6 cm³/mol. The molecule has 104 valence electrons. The average Bonchev–Trinajstić information content (AvgIpc) is 2.47. The van der Waals surface area contributed by atoms with Gasteiger partial charge in [-0.3, -0.25) is 4.79 Å². The van der Waals surface area contributed by atoms with Gasteiger partial charge < -0.3 is 10.2 Å². The van der Waals surface area contributed by atoms with Gasteiger partial charge in [-0.2, -0.15) is 0 Å². The molecule has 1 atom stereocenters. The minimum absolute atomic E-state index is 0.189. The largest absolute Gasteiger partial charge is 0.385 e. The van der Waals surface area contributed by atoms with Gasteiger partial charge in [0.1, 0.15) is 0 Å².